The van der Waals surface area contributed by atoms with Gasteiger partial charge in [-0.1, -0.05) is 140 Å². The molecule has 326 valence electrons. The molecule has 2 aromatic heterocycles. The van der Waals surface area contributed by atoms with Crippen LogP contribution < -0.4 is 26.2 Å². The number of nitrogens with zero attached hydrogens (tertiary/aromatic N) is 3. The Kier molecular flexibility index (Phi) is 8.06. The zero-order valence-corrected chi connectivity index (χ0v) is 39.9. The van der Waals surface area contributed by atoms with E-state index in [1.165, 1.54) is 114 Å². The number of rotatable bonds is 3. The highest BCUT2D eigenvalue weighted by molar-refractivity contribution is 7.00. The second-order valence-electron chi connectivity index (χ2n) is 22.6. The van der Waals surface area contributed by atoms with Gasteiger partial charge in [-0.25, -0.2) is 0 Å². The molecule has 5 heterocycles. The van der Waals surface area contributed by atoms with Crippen molar-refractivity contribution in [3.8, 4) is 16.8 Å². The van der Waals surface area contributed by atoms with Crippen LogP contribution >= 0.6 is 0 Å². The molecule has 4 nitrogen and oxygen atoms in total. The zero-order valence-electron chi connectivity index (χ0n) is 39.9. The van der Waals surface area contributed by atoms with Gasteiger partial charge in [0.15, 0.2) is 5.58 Å². The number of para-hydroxylation sites is 2. The van der Waals surface area contributed by atoms with Gasteiger partial charge in [-0.15, -0.1) is 0 Å². The second kappa shape index (κ2) is 13.3. The summed E-state index contributed by atoms with van der Waals surface area (Å²) in [7, 11) is 0. The third-order valence-electron chi connectivity index (χ3n) is 16.7. The van der Waals surface area contributed by atoms with Crippen molar-refractivity contribution in [3.05, 3.63) is 162 Å². The van der Waals surface area contributed by atoms with Crippen LogP contribution in [-0.4, -0.2) is 16.8 Å². The largest absolute Gasteiger partial charge is 0.454 e. The molecule has 9 aromatic rings. The van der Waals surface area contributed by atoms with Crippen LogP contribution in [0.4, 0.5) is 28.4 Å². The second-order valence-corrected chi connectivity index (χ2v) is 22.6. The minimum absolute atomic E-state index is 0.0159. The molecule has 2 unspecified atom stereocenters. The molecule has 0 radical (unpaired) electrons. The van der Waals surface area contributed by atoms with Gasteiger partial charge in [0, 0.05) is 50.2 Å². The summed E-state index contributed by atoms with van der Waals surface area (Å²) in [5, 5.41) is 2.32. The van der Waals surface area contributed by atoms with Gasteiger partial charge in [0.1, 0.15) is 11.1 Å². The van der Waals surface area contributed by atoms with E-state index in [2.05, 4.69) is 216 Å². The summed E-state index contributed by atoms with van der Waals surface area (Å²) < 4.78 is 9.35. The average Bonchev–Trinajstić information content (AvgIpc) is 3.90. The highest BCUT2D eigenvalue weighted by atomic mass is 16.3. The predicted octanol–water partition coefficient (Wildman–Crippen LogP) is 14.5. The van der Waals surface area contributed by atoms with Crippen LogP contribution in [0.1, 0.15) is 103 Å². The number of hydrogen-bond donors (Lipinski definition) is 0. The summed E-state index contributed by atoms with van der Waals surface area (Å²) in [6, 6.07) is 53.7. The topological polar surface area (TPSA) is 24.6 Å². The highest BCUT2D eigenvalue weighted by Gasteiger charge is 2.58. The van der Waals surface area contributed by atoms with Crippen LogP contribution in [0.5, 0.6) is 0 Å². The summed E-state index contributed by atoms with van der Waals surface area (Å²) in [6.45, 7) is 21.5. The molecule has 0 saturated heterocycles. The molecular weight excluding hydrogens is 802 g/mol. The molecule has 1 aliphatic carbocycles. The predicted molar refractivity (Wildman–Crippen MR) is 280 cm³/mol. The fraction of sp³-hybridized carbons (Fsp3) is 0.279. The normalized spacial score (nSPS) is 19.7. The lowest BCUT2D eigenvalue weighted by atomic mass is 9.33. The number of aryl methyl sites for hydroxylation is 1. The number of furan rings is 1. The van der Waals surface area contributed by atoms with Crippen LogP contribution in [-0.2, 0) is 16.2 Å². The minimum Gasteiger partial charge on any atom is -0.454 e. The Morgan fingerprint density at radius 2 is 1.27 bits per heavy atom. The van der Waals surface area contributed by atoms with Gasteiger partial charge in [0.05, 0.1) is 16.7 Å². The first kappa shape index (κ1) is 39.9. The number of benzene rings is 7. The molecule has 1 fully saturated rings. The average molecular weight is 860 g/mol. The van der Waals surface area contributed by atoms with Gasteiger partial charge in [0.2, 0.25) is 0 Å². The quantitative estimate of drug-likeness (QED) is 0.165. The summed E-state index contributed by atoms with van der Waals surface area (Å²) >= 11 is 0. The molecule has 0 amide bonds. The third-order valence-corrected chi connectivity index (χ3v) is 16.7. The SMILES string of the molecule is Cc1cc2c3c(c1)-n1c4c(cccc4c4oc5ccccc5c41)B3c1ccc(N3c4ccc(C(C)(C)C)cc4C4(C)CCCCC34C)cc1N2c1ccc(C(C)(C)C)cc1-c1ccccc1. The third kappa shape index (κ3) is 5.23. The van der Waals surface area contributed by atoms with Crippen molar-refractivity contribution in [3.63, 3.8) is 0 Å². The molecule has 13 rings (SSSR count). The Hall–Kier alpha value is -6.46. The van der Waals surface area contributed by atoms with E-state index in [0.29, 0.717) is 0 Å². The maximum atomic E-state index is 6.81. The van der Waals surface area contributed by atoms with Crippen molar-refractivity contribution in [1.29, 1.82) is 0 Å². The van der Waals surface area contributed by atoms with E-state index >= 15 is 0 Å². The van der Waals surface area contributed by atoms with Gasteiger partial charge < -0.3 is 18.8 Å². The number of hydrogen-bond acceptors (Lipinski definition) is 3. The molecule has 0 spiro atoms. The van der Waals surface area contributed by atoms with E-state index in [1.807, 2.05) is 0 Å². The molecule has 3 aliphatic heterocycles. The van der Waals surface area contributed by atoms with Crippen LogP contribution in [0.3, 0.4) is 0 Å². The lowest BCUT2D eigenvalue weighted by molar-refractivity contribution is 0.195. The number of aromatic nitrogens is 1. The van der Waals surface area contributed by atoms with Gasteiger partial charge in [-0.3, -0.25) is 0 Å². The van der Waals surface area contributed by atoms with Gasteiger partial charge in [-0.2, -0.15) is 0 Å². The van der Waals surface area contributed by atoms with E-state index in [1.54, 1.807) is 0 Å². The molecule has 66 heavy (non-hydrogen) atoms. The van der Waals surface area contributed by atoms with Crippen LogP contribution in [0.15, 0.2) is 144 Å². The Bertz CT molecular complexity index is 3530. The number of anilines is 5. The van der Waals surface area contributed by atoms with E-state index < -0.39 is 0 Å². The van der Waals surface area contributed by atoms with Crippen molar-refractivity contribution < 1.29 is 4.42 Å². The lowest BCUT2D eigenvalue weighted by Gasteiger charge is -2.50. The Balaban J connectivity index is 1.13. The maximum absolute atomic E-state index is 6.81. The van der Waals surface area contributed by atoms with Gasteiger partial charge in [0.25, 0.3) is 6.71 Å². The number of fused-ring (bicyclic) bond motifs is 12. The Morgan fingerprint density at radius 1 is 0.576 bits per heavy atom. The Labute approximate surface area is 389 Å². The highest BCUT2D eigenvalue weighted by Crippen LogP contribution is 2.62. The first-order valence-electron chi connectivity index (χ1n) is 24.3. The zero-order chi connectivity index (χ0) is 45.2. The fourth-order valence-corrected chi connectivity index (χ4v) is 13.1. The fourth-order valence-electron chi connectivity index (χ4n) is 13.1. The molecule has 0 N–H and O–H groups in total. The van der Waals surface area contributed by atoms with E-state index in [-0.39, 0.29) is 28.5 Å². The minimum atomic E-state index is -0.0861. The maximum Gasteiger partial charge on any atom is 0.252 e. The molecule has 5 heteroatoms. The summed E-state index contributed by atoms with van der Waals surface area (Å²) in [5.41, 5.74) is 23.8. The molecular formula is C61H58BN3O. The molecule has 1 saturated carbocycles. The molecule has 0 bridgehead atoms. The smallest absolute Gasteiger partial charge is 0.252 e. The molecule has 4 aliphatic rings. The van der Waals surface area contributed by atoms with Gasteiger partial charge >= 0.3 is 0 Å². The van der Waals surface area contributed by atoms with Crippen molar-refractivity contribution >= 4 is 84.5 Å². The first-order valence-corrected chi connectivity index (χ1v) is 24.3. The van der Waals surface area contributed by atoms with E-state index in [0.717, 1.165) is 28.5 Å². The molecule has 7 aromatic carbocycles. The van der Waals surface area contributed by atoms with Crippen molar-refractivity contribution in [2.75, 3.05) is 9.80 Å². The van der Waals surface area contributed by atoms with Crippen molar-refractivity contribution in [1.82, 2.24) is 4.57 Å². The monoisotopic (exact) mass is 859 g/mol. The summed E-state index contributed by atoms with van der Waals surface area (Å²) in [4.78, 5) is 5.42. The van der Waals surface area contributed by atoms with Crippen LogP contribution in [0, 0.1) is 6.92 Å². The van der Waals surface area contributed by atoms with E-state index in [4.69, 9.17) is 4.42 Å². The van der Waals surface area contributed by atoms with Gasteiger partial charge in [-0.05, 0) is 142 Å². The van der Waals surface area contributed by atoms with Crippen LogP contribution in [0.25, 0.3) is 49.8 Å². The van der Waals surface area contributed by atoms with Crippen molar-refractivity contribution in [2.24, 2.45) is 0 Å². The standard InChI is InChI=1S/C61H58BN3O/c1-37-32-51-54-52(33-37)64-55-43(57-56(64)42-20-13-14-23-53(42)66-57)21-17-22-47(55)62(54)46-27-26-41(65-49-29-25-40(59(5,6)7)35-45(49)60(8)30-15-16-31-61(60,65)9)36-50(46)63(51)48-28-24-39(58(2,3)4)34-44(48)38-18-11-10-12-19-38/h10-14,17-29,32-36H,15-16,30-31H2,1-9H3. The lowest BCUT2D eigenvalue weighted by Crippen LogP contribution is -2.60. The summed E-state index contributed by atoms with van der Waals surface area (Å²) in [6.07, 6.45) is 4.84. The summed E-state index contributed by atoms with van der Waals surface area (Å²) in [5.74, 6) is 0. The van der Waals surface area contributed by atoms with Crippen molar-refractivity contribution in [2.45, 2.75) is 110 Å². The Morgan fingerprint density at radius 3 is 2.06 bits per heavy atom. The molecule has 2 atom stereocenters. The van der Waals surface area contributed by atoms with E-state index in [9.17, 15) is 0 Å². The van der Waals surface area contributed by atoms with Crippen LogP contribution in [0.2, 0.25) is 0 Å². The first-order chi connectivity index (χ1) is 31.7.